The number of benzene rings is 2. The molecule has 37 heavy (non-hydrogen) atoms. The van der Waals surface area contributed by atoms with Crippen LogP contribution in [0.2, 0.25) is 0 Å². The third-order valence-electron chi connectivity index (χ3n) is 5.06. The average molecular weight is 529 g/mol. The van der Waals surface area contributed by atoms with E-state index in [1.54, 1.807) is 49.7 Å². The summed E-state index contributed by atoms with van der Waals surface area (Å²) in [7, 11) is 3.20. The lowest BCUT2D eigenvalue weighted by Crippen LogP contribution is -2.30. The minimum absolute atomic E-state index is 0.0272. The first-order valence-electron chi connectivity index (χ1n) is 12.1. The van der Waals surface area contributed by atoms with Crippen molar-refractivity contribution in [3.8, 4) is 17.2 Å². The molecule has 0 bridgehead atoms. The number of carbonyl (C=O) groups is 1. The van der Waals surface area contributed by atoms with Gasteiger partial charge in [-0.1, -0.05) is 0 Å². The number of carbonyl (C=O) groups excluding carboxylic acids is 1. The molecule has 1 saturated carbocycles. The summed E-state index contributed by atoms with van der Waals surface area (Å²) in [6.07, 6.45) is 5.65. The van der Waals surface area contributed by atoms with Gasteiger partial charge in [-0.15, -0.1) is 0 Å². The minimum Gasteiger partial charge on any atom is -0.506 e. The third-order valence-corrected chi connectivity index (χ3v) is 5.28. The van der Waals surface area contributed by atoms with Gasteiger partial charge in [0, 0.05) is 56.2 Å². The summed E-state index contributed by atoms with van der Waals surface area (Å²) in [6.45, 7) is 4.43. The summed E-state index contributed by atoms with van der Waals surface area (Å²) >= 11 is 5.23. The quantitative estimate of drug-likeness (QED) is 0.128. The van der Waals surface area contributed by atoms with E-state index in [9.17, 15) is 9.90 Å². The van der Waals surface area contributed by atoms with E-state index in [0.717, 1.165) is 56.3 Å². The van der Waals surface area contributed by atoms with Crippen molar-refractivity contribution in [2.45, 2.75) is 32.2 Å². The summed E-state index contributed by atoms with van der Waals surface area (Å²) in [5, 5.41) is 17.6. The lowest BCUT2D eigenvalue weighted by atomic mass is 10.1. The monoisotopic (exact) mass is 528 g/mol. The molecule has 0 unspecified atom stereocenters. The van der Waals surface area contributed by atoms with Gasteiger partial charge in [0.15, 0.2) is 5.11 Å². The molecule has 1 aliphatic carbocycles. The lowest BCUT2D eigenvalue weighted by Gasteiger charge is -2.13. The van der Waals surface area contributed by atoms with Crippen molar-refractivity contribution in [3.05, 3.63) is 54.2 Å². The van der Waals surface area contributed by atoms with E-state index in [4.69, 9.17) is 26.4 Å². The molecule has 1 heterocycles. The first-order chi connectivity index (χ1) is 18.0. The van der Waals surface area contributed by atoms with Crippen LogP contribution in [0.5, 0.6) is 17.2 Å². The predicted molar refractivity (Wildman–Crippen MR) is 151 cm³/mol. The molecule has 2 aromatic carbocycles. The number of aromatic hydroxyl groups is 1. The molecule has 200 valence electrons. The van der Waals surface area contributed by atoms with Gasteiger partial charge in [-0.3, -0.25) is 9.78 Å². The Morgan fingerprint density at radius 3 is 2.62 bits per heavy atom. The molecule has 1 fully saturated rings. The highest BCUT2D eigenvalue weighted by Crippen LogP contribution is 2.34. The van der Waals surface area contributed by atoms with Crippen molar-refractivity contribution in [3.63, 3.8) is 0 Å². The average Bonchev–Trinajstić information content (AvgIpc) is 3.74. The van der Waals surface area contributed by atoms with Crippen LogP contribution in [0, 0.1) is 0 Å². The number of pyridine rings is 1. The molecule has 1 aromatic heterocycles. The molecule has 5 N–H and O–H groups in total. The fraction of sp³-hybridized carbons (Fsp3) is 0.370. The molecule has 10 heteroatoms. The second-order valence-electron chi connectivity index (χ2n) is 7.90. The second-order valence-corrected chi connectivity index (χ2v) is 8.31. The van der Waals surface area contributed by atoms with Crippen LogP contribution in [0.1, 0.15) is 36.5 Å². The molecule has 9 nitrogen and oxygen atoms in total. The Morgan fingerprint density at radius 2 is 1.97 bits per heavy atom. The number of nitrogens with zero attached hydrogens (tertiary/aromatic N) is 1. The number of anilines is 1. The fourth-order valence-corrected chi connectivity index (χ4v) is 3.41. The lowest BCUT2D eigenvalue weighted by molar-refractivity contribution is 0.111. The number of rotatable bonds is 10. The number of methoxy groups -OCH3 is 1. The maximum atomic E-state index is 11.0. The van der Waals surface area contributed by atoms with Crippen molar-refractivity contribution in [1.29, 1.82) is 0 Å². The normalized spacial score (nSPS) is 11.9. The number of aldehydes is 1. The molecular formula is C27H36N4O5S. The van der Waals surface area contributed by atoms with Crippen LogP contribution in [0.4, 0.5) is 5.69 Å². The molecule has 0 radical (unpaired) electrons. The van der Waals surface area contributed by atoms with Gasteiger partial charge in [0.05, 0.1) is 11.2 Å². The zero-order valence-corrected chi connectivity index (χ0v) is 22.3. The first kappa shape index (κ1) is 29.9. The summed E-state index contributed by atoms with van der Waals surface area (Å²) < 4.78 is 15.8. The van der Waals surface area contributed by atoms with Crippen molar-refractivity contribution in [1.82, 2.24) is 10.3 Å². The van der Waals surface area contributed by atoms with Crippen LogP contribution in [-0.2, 0) is 9.47 Å². The van der Waals surface area contributed by atoms with E-state index < -0.39 is 0 Å². The Balaban J connectivity index is 0.000000414. The van der Waals surface area contributed by atoms with E-state index in [1.807, 2.05) is 6.92 Å². The van der Waals surface area contributed by atoms with E-state index in [0.29, 0.717) is 33.9 Å². The van der Waals surface area contributed by atoms with Crippen LogP contribution in [0.15, 0.2) is 48.7 Å². The number of phenols is 1. The first-order valence-corrected chi connectivity index (χ1v) is 12.5. The summed E-state index contributed by atoms with van der Waals surface area (Å²) in [6, 6.07) is 12.3. The predicted octanol–water partition coefficient (Wildman–Crippen LogP) is 4.63. The van der Waals surface area contributed by atoms with Crippen molar-refractivity contribution < 1.29 is 24.1 Å². The second kappa shape index (κ2) is 16.4. The van der Waals surface area contributed by atoms with Gasteiger partial charge in [0.1, 0.15) is 23.5 Å². The van der Waals surface area contributed by atoms with Gasteiger partial charge in [-0.05, 0) is 81.8 Å². The highest BCUT2D eigenvalue weighted by Gasteiger charge is 2.22. The number of ether oxygens (including phenoxy) is 3. The van der Waals surface area contributed by atoms with Crippen LogP contribution in [-0.4, -0.2) is 61.5 Å². The molecule has 4 rings (SSSR count). The van der Waals surface area contributed by atoms with E-state index >= 15 is 0 Å². The SMILES string of the molecule is CCOCCCOC.CN.O=Cc1ccc2nccc(Oc3ccc(NC(=S)NC4CC4)c(O)c3)c2c1. The topological polar surface area (TPSA) is 128 Å². The molecule has 0 amide bonds. The zero-order valence-electron chi connectivity index (χ0n) is 21.5. The van der Waals surface area contributed by atoms with Crippen molar-refractivity contribution in [2.75, 3.05) is 39.3 Å². The van der Waals surface area contributed by atoms with Crippen LogP contribution >= 0.6 is 12.2 Å². The summed E-state index contributed by atoms with van der Waals surface area (Å²) in [5.41, 5.74) is 6.26. The number of hydrogen-bond donors (Lipinski definition) is 4. The molecule has 0 spiro atoms. The van der Waals surface area contributed by atoms with Crippen LogP contribution < -0.4 is 21.1 Å². The largest absolute Gasteiger partial charge is 0.506 e. The molecule has 1 aliphatic rings. The number of aromatic nitrogens is 1. The number of fused-ring (bicyclic) bond motifs is 1. The Hall–Kier alpha value is -3.31. The van der Waals surface area contributed by atoms with Crippen LogP contribution in [0.25, 0.3) is 10.9 Å². The number of nitrogens with one attached hydrogen (secondary N) is 2. The molecule has 0 aliphatic heterocycles. The number of thiocarbonyl (C=S) groups is 1. The number of hydrogen-bond acceptors (Lipinski definition) is 8. The molecule has 3 aromatic rings. The third kappa shape index (κ3) is 10.3. The van der Waals surface area contributed by atoms with Gasteiger partial charge in [0.25, 0.3) is 0 Å². The highest BCUT2D eigenvalue weighted by atomic mass is 32.1. The van der Waals surface area contributed by atoms with E-state index in [-0.39, 0.29) is 5.75 Å². The smallest absolute Gasteiger partial charge is 0.171 e. The van der Waals surface area contributed by atoms with Gasteiger partial charge >= 0.3 is 0 Å². The molecular weight excluding hydrogens is 492 g/mol. The highest BCUT2D eigenvalue weighted by molar-refractivity contribution is 7.80. The van der Waals surface area contributed by atoms with E-state index in [2.05, 4.69) is 21.4 Å². The zero-order chi connectivity index (χ0) is 27.0. The molecule has 0 saturated heterocycles. The maximum absolute atomic E-state index is 11.0. The fourth-order valence-electron chi connectivity index (χ4n) is 3.13. The van der Waals surface area contributed by atoms with Gasteiger partial charge in [-0.25, -0.2) is 0 Å². The summed E-state index contributed by atoms with van der Waals surface area (Å²) in [5.74, 6) is 1.04. The Kier molecular flexibility index (Phi) is 13.3. The van der Waals surface area contributed by atoms with Gasteiger partial charge < -0.3 is 35.7 Å². The van der Waals surface area contributed by atoms with Crippen molar-refractivity contribution >= 4 is 40.2 Å². The number of phenolic OH excluding ortho intramolecular Hbond substituents is 1. The standard InChI is InChI=1S/C20H17N3O3S.C6H14O2.CH5N/c24-11-12-1-5-16-15(9-12)19(7-8-21-16)26-14-4-6-17(18(25)10-14)23-20(27)22-13-2-3-13;1-3-8-6-4-5-7-2;1-2/h1,4-11,13,25H,2-3H2,(H2,22,23,27);3-6H2,1-2H3;2H2,1H3. The maximum Gasteiger partial charge on any atom is 0.171 e. The number of nitrogens with two attached hydrogens (primary N) is 1. The van der Waals surface area contributed by atoms with Crippen molar-refractivity contribution in [2.24, 2.45) is 5.73 Å². The summed E-state index contributed by atoms with van der Waals surface area (Å²) in [4.78, 5) is 15.3. The van der Waals surface area contributed by atoms with Gasteiger partial charge in [0.2, 0.25) is 0 Å². The minimum atomic E-state index is 0.0272. The Labute approximate surface area is 223 Å². The Morgan fingerprint density at radius 1 is 1.19 bits per heavy atom. The molecule has 0 atom stereocenters. The van der Waals surface area contributed by atoms with E-state index in [1.165, 1.54) is 13.1 Å². The Bertz CT molecular complexity index is 1130. The van der Waals surface area contributed by atoms with Crippen LogP contribution in [0.3, 0.4) is 0 Å². The van der Waals surface area contributed by atoms with Gasteiger partial charge in [-0.2, -0.15) is 0 Å².